The zero-order valence-corrected chi connectivity index (χ0v) is 11.2. The van der Waals surface area contributed by atoms with Crippen molar-refractivity contribution < 1.29 is 0 Å². The lowest BCUT2D eigenvalue weighted by atomic mass is 10.1. The highest BCUT2D eigenvalue weighted by Gasteiger charge is 2.00. The standard InChI is InChI=1S/C13H27P/c1-4-7-8-9-10-11-12-13-14(5-2)6-3/h4,7H,5-6,8-13H2,1-3H3. The second-order valence-electron chi connectivity index (χ2n) is 3.80. The van der Waals surface area contributed by atoms with E-state index in [2.05, 4.69) is 32.9 Å². The molecule has 0 bridgehead atoms. The molecule has 0 nitrogen and oxygen atoms in total. The van der Waals surface area contributed by atoms with Crippen LogP contribution in [0.4, 0.5) is 0 Å². The molecule has 14 heavy (non-hydrogen) atoms. The lowest BCUT2D eigenvalue weighted by molar-refractivity contribution is 0.676. The van der Waals surface area contributed by atoms with Crippen molar-refractivity contribution in [3.05, 3.63) is 12.2 Å². The molecule has 0 fully saturated rings. The van der Waals surface area contributed by atoms with Crippen LogP contribution in [0, 0.1) is 0 Å². The van der Waals surface area contributed by atoms with Crippen LogP contribution >= 0.6 is 7.92 Å². The molecule has 84 valence electrons. The van der Waals surface area contributed by atoms with Crippen molar-refractivity contribution in [2.24, 2.45) is 0 Å². The van der Waals surface area contributed by atoms with Gasteiger partial charge in [0.2, 0.25) is 0 Å². The summed E-state index contributed by atoms with van der Waals surface area (Å²) in [7, 11) is 0.402. The van der Waals surface area contributed by atoms with Gasteiger partial charge in [0.05, 0.1) is 0 Å². The van der Waals surface area contributed by atoms with Gasteiger partial charge in [0, 0.05) is 0 Å². The summed E-state index contributed by atoms with van der Waals surface area (Å²) in [6.45, 7) is 6.80. The van der Waals surface area contributed by atoms with Crippen molar-refractivity contribution in [1.82, 2.24) is 0 Å². The Labute approximate surface area is 91.9 Å². The Kier molecular flexibility index (Phi) is 11.4. The number of unbranched alkanes of at least 4 members (excludes halogenated alkanes) is 4. The summed E-state index contributed by atoms with van der Waals surface area (Å²) in [6, 6.07) is 0. The van der Waals surface area contributed by atoms with Crippen molar-refractivity contribution in [3.8, 4) is 0 Å². The van der Waals surface area contributed by atoms with Gasteiger partial charge in [0.1, 0.15) is 0 Å². The van der Waals surface area contributed by atoms with E-state index in [1.807, 2.05) is 0 Å². The number of rotatable bonds is 9. The average molecular weight is 214 g/mol. The second-order valence-corrected chi connectivity index (χ2v) is 6.85. The molecule has 0 aromatic rings. The van der Waals surface area contributed by atoms with E-state index >= 15 is 0 Å². The summed E-state index contributed by atoms with van der Waals surface area (Å²) in [5, 5.41) is 0. The first kappa shape index (κ1) is 14.2. The lowest BCUT2D eigenvalue weighted by Crippen LogP contribution is -1.90. The van der Waals surface area contributed by atoms with Crippen LogP contribution in [0.25, 0.3) is 0 Å². The molecule has 0 aromatic carbocycles. The average Bonchev–Trinajstić information content (AvgIpc) is 2.22. The fourth-order valence-corrected chi connectivity index (χ4v) is 3.41. The lowest BCUT2D eigenvalue weighted by Gasteiger charge is -2.12. The van der Waals surface area contributed by atoms with E-state index in [-0.39, 0.29) is 0 Å². The highest BCUT2D eigenvalue weighted by molar-refractivity contribution is 7.57. The van der Waals surface area contributed by atoms with Crippen molar-refractivity contribution in [3.63, 3.8) is 0 Å². The summed E-state index contributed by atoms with van der Waals surface area (Å²) < 4.78 is 0. The van der Waals surface area contributed by atoms with Gasteiger partial charge in [-0.05, 0) is 44.7 Å². The van der Waals surface area contributed by atoms with E-state index in [1.165, 1.54) is 50.6 Å². The first-order valence-electron chi connectivity index (χ1n) is 6.18. The molecule has 0 aliphatic heterocycles. The Morgan fingerprint density at radius 2 is 1.57 bits per heavy atom. The Balaban J connectivity index is 3.12. The maximum absolute atomic E-state index is 2.35. The van der Waals surface area contributed by atoms with Crippen LogP contribution in [0.1, 0.15) is 52.9 Å². The number of hydrogen-bond acceptors (Lipinski definition) is 0. The van der Waals surface area contributed by atoms with Gasteiger partial charge in [-0.15, -0.1) is 7.92 Å². The Bertz CT molecular complexity index is 125. The third kappa shape index (κ3) is 8.75. The zero-order valence-electron chi connectivity index (χ0n) is 10.3. The molecule has 0 spiro atoms. The molecule has 0 aliphatic carbocycles. The van der Waals surface area contributed by atoms with Crippen LogP contribution < -0.4 is 0 Å². The van der Waals surface area contributed by atoms with Gasteiger partial charge in [0.25, 0.3) is 0 Å². The maximum atomic E-state index is 2.35. The molecule has 0 N–H and O–H groups in total. The van der Waals surface area contributed by atoms with Crippen LogP contribution in [0.2, 0.25) is 0 Å². The van der Waals surface area contributed by atoms with E-state index < -0.39 is 0 Å². The molecular formula is C13H27P. The highest BCUT2D eigenvalue weighted by atomic mass is 31.1. The van der Waals surface area contributed by atoms with Crippen molar-refractivity contribution >= 4 is 7.92 Å². The molecule has 0 radical (unpaired) electrons. The van der Waals surface area contributed by atoms with Gasteiger partial charge in [-0.2, -0.15) is 0 Å². The van der Waals surface area contributed by atoms with Gasteiger partial charge >= 0.3 is 0 Å². The minimum Gasteiger partial charge on any atom is -0.107 e. The van der Waals surface area contributed by atoms with Crippen LogP contribution in [-0.4, -0.2) is 18.5 Å². The van der Waals surface area contributed by atoms with Gasteiger partial charge in [-0.25, -0.2) is 0 Å². The number of allylic oxidation sites excluding steroid dienone is 2. The fraction of sp³-hybridized carbons (Fsp3) is 0.846. The quantitative estimate of drug-likeness (QED) is 0.287. The minimum atomic E-state index is 0.402. The van der Waals surface area contributed by atoms with Crippen molar-refractivity contribution in [2.75, 3.05) is 18.5 Å². The van der Waals surface area contributed by atoms with Crippen molar-refractivity contribution in [1.29, 1.82) is 0 Å². The molecule has 0 aromatic heterocycles. The third-order valence-electron chi connectivity index (χ3n) is 2.73. The summed E-state index contributed by atoms with van der Waals surface area (Å²) >= 11 is 0. The molecule has 0 saturated carbocycles. The van der Waals surface area contributed by atoms with E-state index in [4.69, 9.17) is 0 Å². The first-order chi connectivity index (χ1) is 6.85. The van der Waals surface area contributed by atoms with Crippen LogP contribution in [0.3, 0.4) is 0 Å². The predicted octanol–water partition coefficient (Wildman–Crippen LogP) is 5.03. The van der Waals surface area contributed by atoms with E-state index in [0.717, 1.165) is 0 Å². The van der Waals surface area contributed by atoms with E-state index in [1.54, 1.807) is 0 Å². The normalized spacial score (nSPS) is 11.7. The van der Waals surface area contributed by atoms with Gasteiger partial charge in [-0.1, -0.05) is 38.8 Å². The summed E-state index contributed by atoms with van der Waals surface area (Å²) in [6.07, 6.45) is 15.9. The second kappa shape index (κ2) is 11.2. The molecule has 0 unspecified atom stereocenters. The molecule has 0 heterocycles. The minimum absolute atomic E-state index is 0.402. The predicted molar refractivity (Wildman–Crippen MR) is 70.8 cm³/mol. The van der Waals surface area contributed by atoms with E-state index in [0.29, 0.717) is 7.92 Å². The summed E-state index contributed by atoms with van der Waals surface area (Å²) in [5.41, 5.74) is 0. The molecular weight excluding hydrogens is 187 g/mol. The third-order valence-corrected chi connectivity index (χ3v) is 5.46. The first-order valence-corrected chi connectivity index (χ1v) is 8.08. The fourth-order valence-electron chi connectivity index (χ4n) is 1.66. The molecule has 0 rings (SSSR count). The molecule has 0 amide bonds. The van der Waals surface area contributed by atoms with Gasteiger partial charge in [0.15, 0.2) is 0 Å². The maximum Gasteiger partial charge on any atom is -0.0326 e. The van der Waals surface area contributed by atoms with Gasteiger partial charge < -0.3 is 0 Å². The Hall–Kier alpha value is 0.170. The summed E-state index contributed by atoms with van der Waals surface area (Å²) in [5.74, 6) is 0. The zero-order chi connectivity index (χ0) is 10.6. The van der Waals surface area contributed by atoms with Crippen LogP contribution in [0.15, 0.2) is 12.2 Å². The SMILES string of the molecule is CC=CCCCCCCP(CC)CC. The smallest absolute Gasteiger partial charge is 0.0326 e. The largest absolute Gasteiger partial charge is 0.107 e. The topological polar surface area (TPSA) is 0 Å². The Morgan fingerprint density at radius 3 is 2.14 bits per heavy atom. The molecule has 0 aliphatic rings. The number of hydrogen-bond donors (Lipinski definition) is 0. The van der Waals surface area contributed by atoms with Crippen molar-refractivity contribution in [2.45, 2.75) is 52.9 Å². The molecule has 1 heteroatoms. The highest BCUT2D eigenvalue weighted by Crippen LogP contribution is 2.35. The molecule has 0 atom stereocenters. The monoisotopic (exact) mass is 214 g/mol. The van der Waals surface area contributed by atoms with Crippen LogP contribution in [0.5, 0.6) is 0 Å². The van der Waals surface area contributed by atoms with E-state index in [9.17, 15) is 0 Å². The van der Waals surface area contributed by atoms with Gasteiger partial charge in [-0.3, -0.25) is 0 Å². The van der Waals surface area contributed by atoms with Crippen LogP contribution in [-0.2, 0) is 0 Å². The summed E-state index contributed by atoms with van der Waals surface area (Å²) in [4.78, 5) is 0. The Morgan fingerprint density at radius 1 is 0.929 bits per heavy atom. The molecule has 0 saturated heterocycles.